The number of oxazole rings is 1. The van der Waals surface area contributed by atoms with E-state index in [1.807, 2.05) is 6.07 Å². The Morgan fingerprint density at radius 2 is 1.95 bits per heavy atom. The normalized spacial score (nSPS) is 23.6. The van der Waals surface area contributed by atoms with Crippen molar-refractivity contribution in [1.82, 2.24) is 25.0 Å². The molecule has 0 aliphatic carbocycles. The molecule has 200 valence electrons. The van der Waals surface area contributed by atoms with E-state index in [4.69, 9.17) is 13.9 Å². The molecule has 15 heteroatoms. The van der Waals surface area contributed by atoms with Crippen LogP contribution in [0, 0.1) is 17.5 Å². The molecule has 0 spiro atoms. The zero-order valence-corrected chi connectivity index (χ0v) is 21.6. The maximum absolute atomic E-state index is 13.8. The van der Waals surface area contributed by atoms with Crippen molar-refractivity contribution in [2.75, 3.05) is 6.61 Å². The average Bonchev–Trinajstić information content (AvgIpc) is 3.59. The van der Waals surface area contributed by atoms with Gasteiger partial charge in [0, 0.05) is 27.3 Å². The number of pyridine rings is 1. The first-order chi connectivity index (χ1) is 18.3. The molecule has 0 bridgehead atoms. The summed E-state index contributed by atoms with van der Waals surface area (Å²) in [6, 6.07) is 2.43. The monoisotopic (exact) mass is 613 g/mol. The number of nitrogens with zero attached hydrogens (tertiary/aromatic N) is 5. The molecule has 1 saturated heterocycles. The van der Waals surface area contributed by atoms with Crippen LogP contribution in [0.1, 0.15) is 11.7 Å². The highest BCUT2D eigenvalue weighted by Gasteiger charge is 2.48. The Bertz CT molecular complexity index is 1370. The minimum atomic E-state index is -1.60. The number of thioether (sulfide) groups is 1. The first-order valence-electron chi connectivity index (χ1n) is 11.1. The summed E-state index contributed by atoms with van der Waals surface area (Å²) in [5.41, 5.74) is -0.333. The minimum Gasteiger partial charge on any atom is -0.451 e. The van der Waals surface area contributed by atoms with Gasteiger partial charge in [-0.25, -0.2) is 22.8 Å². The smallest absolute Gasteiger partial charge is 0.194 e. The summed E-state index contributed by atoms with van der Waals surface area (Å²) < 4.78 is 60.3. The molecule has 1 aliphatic heterocycles. The Morgan fingerprint density at radius 1 is 1.16 bits per heavy atom. The Morgan fingerprint density at radius 3 is 2.63 bits per heavy atom. The Labute approximate surface area is 225 Å². The van der Waals surface area contributed by atoms with Crippen molar-refractivity contribution in [3.05, 3.63) is 77.1 Å². The van der Waals surface area contributed by atoms with Gasteiger partial charge in [-0.1, -0.05) is 17.0 Å². The standard InChI is InChI=1S/C23H19BrF3N5O5S/c24-12-3-14(5-28-4-12)38-23-22(36-9-13-8-35-10-29-13)20(21(34)18(7-33)37-23)32-6-17(30-31-32)11-1-15(25)19(27)16(26)2-11/h1-6,8,10,18,20-23,33-34H,7,9H2. The maximum Gasteiger partial charge on any atom is 0.194 e. The van der Waals surface area contributed by atoms with E-state index in [1.165, 1.54) is 35.3 Å². The molecule has 0 radical (unpaired) electrons. The van der Waals surface area contributed by atoms with E-state index in [2.05, 4.69) is 36.2 Å². The lowest BCUT2D eigenvalue weighted by molar-refractivity contribution is -0.196. The van der Waals surface area contributed by atoms with Crippen LogP contribution >= 0.6 is 27.7 Å². The van der Waals surface area contributed by atoms with Crippen LogP contribution in [0.5, 0.6) is 0 Å². The van der Waals surface area contributed by atoms with Crippen LogP contribution in [0.3, 0.4) is 0 Å². The second-order valence-electron chi connectivity index (χ2n) is 8.26. The predicted molar refractivity (Wildman–Crippen MR) is 129 cm³/mol. The van der Waals surface area contributed by atoms with Crippen molar-refractivity contribution in [1.29, 1.82) is 0 Å². The van der Waals surface area contributed by atoms with Gasteiger partial charge in [-0.2, -0.15) is 0 Å². The summed E-state index contributed by atoms with van der Waals surface area (Å²) in [5.74, 6) is -4.36. The van der Waals surface area contributed by atoms with Gasteiger partial charge in [0.25, 0.3) is 0 Å². The fourth-order valence-corrected chi connectivity index (χ4v) is 5.65. The summed E-state index contributed by atoms with van der Waals surface area (Å²) in [4.78, 5) is 8.90. The predicted octanol–water partition coefficient (Wildman–Crippen LogP) is 3.50. The lowest BCUT2D eigenvalue weighted by atomic mass is 9.97. The van der Waals surface area contributed by atoms with Crippen molar-refractivity contribution >= 4 is 27.7 Å². The van der Waals surface area contributed by atoms with Gasteiger partial charge in [-0.3, -0.25) is 4.98 Å². The Balaban J connectivity index is 1.51. The third-order valence-corrected chi connectivity index (χ3v) is 7.30. The van der Waals surface area contributed by atoms with Gasteiger partial charge in [-0.15, -0.1) is 5.10 Å². The second-order valence-corrected chi connectivity index (χ2v) is 10.3. The molecule has 2 N–H and O–H groups in total. The second kappa shape index (κ2) is 11.5. The molecular formula is C23H19BrF3N5O5S. The van der Waals surface area contributed by atoms with Crippen LogP contribution in [-0.2, 0) is 16.1 Å². The highest BCUT2D eigenvalue weighted by atomic mass is 79.9. The Kier molecular flexibility index (Phi) is 8.11. The average molecular weight is 614 g/mol. The number of aliphatic hydroxyl groups is 2. The molecule has 1 aliphatic rings. The summed E-state index contributed by atoms with van der Waals surface area (Å²) in [6.45, 7) is -0.529. The summed E-state index contributed by atoms with van der Waals surface area (Å²) in [7, 11) is 0. The van der Waals surface area contributed by atoms with E-state index in [0.29, 0.717) is 10.6 Å². The third kappa shape index (κ3) is 5.62. The number of hydrogen-bond acceptors (Lipinski definition) is 10. The van der Waals surface area contributed by atoms with Crippen molar-refractivity contribution in [3.63, 3.8) is 0 Å². The van der Waals surface area contributed by atoms with E-state index < -0.39 is 53.8 Å². The topological polar surface area (TPSA) is 129 Å². The number of ether oxygens (including phenoxy) is 2. The van der Waals surface area contributed by atoms with Crippen LogP contribution < -0.4 is 0 Å². The summed E-state index contributed by atoms with van der Waals surface area (Å²) >= 11 is 4.62. The molecule has 0 amide bonds. The first kappa shape index (κ1) is 26.8. The number of rotatable bonds is 8. The SMILES string of the molecule is OCC1OC(Sc2cncc(Br)c2)C(OCc2cocn2)C(n2cc(-c3cc(F)c(F)c(F)c3)nn2)C1O. The lowest BCUT2D eigenvalue weighted by Crippen LogP contribution is -2.55. The zero-order valence-electron chi connectivity index (χ0n) is 19.2. The number of benzene rings is 1. The van der Waals surface area contributed by atoms with Gasteiger partial charge in [0.15, 0.2) is 23.8 Å². The molecule has 5 unspecified atom stereocenters. The van der Waals surface area contributed by atoms with Crippen molar-refractivity contribution in [2.24, 2.45) is 0 Å². The molecule has 0 saturated carbocycles. The maximum atomic E-state index is 13.8. The van der Waals surface area contributed by atoms with Gasteiger partial charge in [0.05, 0.1) is 19.4 Å². The van der Waals surface area contributed by atoms with E-state index in [9.17, 15) is 23.4 Å². The van der Waals surface area contributed by atoms with Gasteiger partial charge < -0.3 is 24.1 Å². The van der Waals surface area contributed by atoms with Gasteiger partial charge in [0.2, 0.25) is 0 Å². The highest BCUT2D eigenvalue weighted by Crippen LogP contribution is 2.40. The molecule has 4 heterocycles. The van der Waals surface area contributed by atoms with Crippen LogP contribution in [0.25, 0.3) is 11.3 Å². The molecule has 38 heavy (non-hydrogen) atoms. The third-order valence-electron chi connectivity index (χ3n) is 5.76. The zero-order chi connectivity index (χ0) is 26.8. The van der Waals surface area contributed by atoms with Crippen LogP contribution in [0.4, 0.5) is 13.2 Å². The van der Waals surface area contributed by atoms with E-state index in [0.717, 1.165) is 16.6 Å². The summed E-state index contributed by atoms with van der Waals surface area (Å²) in [5, 5.41) is 29.1. The molecule has 5 atom stereocenters. The highest BCUT2D eigenvalue weighted by molar-refractivity contribution is 9.10. The van der Waals surface area contributed by atoms with Crippen LogP contribution in [0.2, 0.25) is 0 Å². The van der Waals surface area contributed by atoms with E-state index >= 15 is 0 Å². The fraction of sp³-hybridized carbons (Fsp3) is 0.304. The largest absolute Gasteiger partial charge is 0.451 e. The van der Waals surface area contributed by atoms with Crippen molar-refractivity contribution < 1.29 is 37.3 Å². The fourth-order valence-electron chi connectivity index (χ4n) is 3.97. The quantitative estimate of drug-likeness (QED) is 0.285. The number of halogens is 4. The Hall–Kier alpha value is -2.82. The molecule has 1 aromatic carbocycles. The number of aliphatic hydroxyl groups excluding tert-OH is 2. The summed E-state index contributed by atoms with van der Waals surface area (Å²) in [6.07, 6.45) is 3.97. The van der Waals surface area contributed by atoms with Crippen LogP contribution in [0.15, 0.2) is 63.2 Å². The molecular weight excluding hydrogens is 595 g/mol. The van der Waals surface area contributed by atoms with Crippen LogP contribution in [-0.4, -0.2) is 65.5 Å². The number of hydrogen-bond donors (Lipinski definition) is 2. The molecule has 4 aromatic rings. The van der Waals surface area contributed by atoms with Crippen molar-refractivity contribution in [2.45, 2.75) is 41.3 Å². The first-order valence-corrected chi connectivity index (χ1v) is 12.8. The van der Waals surface area contributed by atoms with E-state index in [-0.39, 0.29) is 17.9 Å². The van der Waals surface area contributed by atoms with Gasteiger partial charge in [-0.05, 0) is 34.1 Å². The molecule has 10 nitrogen and oxygen atoms in total. The van der Waals surface area contributed by atoms with E-state index in [1.54, 1.807) is 12.4 Å². The molecule has 3 aromatic heterocycles. The molecule has 1 fully saturated rings. The minimum absolute atomic E-state index is 0.0126. The lowest BCUT2D eigenvalue weighted by Gasteiger charge is -2.43. The van der Waals surface area contributed by atoms with Gasteiger partial charge in [0.1, 0.15) is 47.4 Å². The van der Waals surface area contributed by atoms with Gasteiger partial charge >= 0.3 is 0 Å². The number of aromatic nitrogens is 5. The molecule has 5 rings (SSSR count). The van der Waals surface area contributed by atoms with Crippen molar-refractivity contribution in [3.8, 4) is 11.3 Å².